The lowest BCUT2D eigenvalue weighted by Gasteiger charge is -2.28. The van der Waals surface area contributed by atoms with Gasteiger partial charge in [0.15, 0.2) is 0 Å². The number of fused-ring (bicyclic) bond motifs is 4. The number of rotatable bonds is 1. The number of aryl methyl sites for hydroxylation is 1. The van der Waals surface area contributed by atoms with E-state index in [1.165, 1.54) is 0 Å². The third-order valence-electron chi connectivity index (χ3n) is 6.73. The minimum absolute atomic E-state index is 0.249. The average Bonchev–Trinajstić information content (AvgIpc) is 3.53. The third-order valence-corrected chi connectivity index (χ3v) is 6.73. The molecule has 4 aromatic rings. The molecule has 0 aliphatic carbocycles. The van der Waals surface area contributed by atoms with Gasteiger partial charge in [-0.25, -0.2) is 4.68 Å². The molecule has 1 saturated heterocycles. The van der Waals surface area contributed by atoms with Gasteiger partial charge < -0.3 is 19.3 Å². The van der Waals surface area contributed by atoms with Crippen molar-refractivity contribution in [1.29, 1.82) is 0 Å². The molecule has 10 heteroatoms. The van der Waals surface area contributed by atoms with Gasteiger partial charge in [-0.1, -0.05) is 6.07 Å². The number of nitrogens with zero attached hydrogens (tertiary/aromatic N) is 5. The molecular weight excluding hydrogens is 448 g/mol. The monoisotopic (exact) mass is 476 g/mol. The quantitative estimate of drug-likeness (QED) is 0.434. The number of aliphatic hydroxyl groups excluding tert-OH is 1. The van der Waals surface area contributed by atoms with Gasteiger partial charge in [0.2, 0.25) is 11.8 Å². The number of aromatic nitrogens is 6. The highest BCUT2D eigenvalue weighted by atomic mass is 16.5. The second kappa shape index (κ2) is 8.86. The normalized spacial score (nSPS) is 20.5. The molecule has 2 bridgehead atoms. The van der Waals surface area contributed by atoms with Gasteiger partial charge >= 0.3 is 0 Å². The van der Waals surface area contributed by atoms with E-state index in [0.717, 1.165) is 39.0 Å². The van der Waals surface area contributed by atoms with E-state index in [0.29, 0.717) is 51.0 Å². The predicted octanol–water partition coefficient (Wildman–Crippen LogP) is 3.12. The summed E-state index contributed by atoms with van der Waals surface area (Å²) in [5.74, 6) is 1.24. The molecule has 3 aromatic heterocycles. The molecular formula is C25H28N6O4. The molecule has 2 aliphatic rings. The summed E-state index contributed by atoms with van der Waals surface area (Å²) in [6.45, 7) is 3.88. The first-order valence-electron chi connectivity index (χ1n) is 11.9. The number of nitrogens with one attached hydrogen (secondary N) is 1. The van der Waals surface area contributed by atoms with Gasteiger partial charge in [-0.15, -0.1) is 5.10 Å². The Morgan fingerprint density at radius 2 is 2.03 bits per heavy atom. The standard InChI is InChI=1S/C25H28N6O4/c1-15-17-5-7-21-18-12-16(4-6-20(18)27-28-21)19-13-26-30(2)25(19)35-10-3-9-34-24(17)29-31(15)22-14-33-11-8-23(22)32/h4-7,12-13,22-23,32H,3,8-11,14H2,1-2H3,(H,27,28)/t22-,23-/m0/s1. The molecule has 182 valence electrons. The van der Waals surface area contributed by atoms with Crippen LogP contribution < -0.4 is 9.47 Å². The van der Waals surface area contributed by atoms with E-state index in [2.05, 4.69) is 21.4 Å². The van der Waals surface area contributed by atoms with Crippen molar-refractivity contribution in [1.82, 2.24) is 29.8 Å². The fourth-order valence-corrected chi connectivity index (χ4v) is 4.75. The third kappa shape index (κ3) is 3.88. The summed E-state index contributed by atoms with van der Waals surface area (Å²) in [7, 11) is 1.87. The molecule has 0 spiro atoms. The molecule has 1 aromatic carbocycles. The zero-order valence-electron chi connectivity index (χ0n) is 19.8. The summed E-state index contributed by atoms with van der Waals surface area (Å²) >= 11 is 0. The van der Waals surface area contributed by atoms with Crippen molar-refractivity contribution in [2.75, 3.05) is 26.4 Å². The molecule has 0 unspecified atom stereocenters. The molecule has 10 nitrogen and oxygen atoms in total. The van der Waals surface area contributed by atoms with Crippen LogP contribution in [0.3, 0.4) is 0 Å². The van der Waals surface area contributed by atoms with Crippen LogP contribution in [0, 0.1) is 6.92 Å². The summed E-state index contributed by atoms with van der Waals surface area (Å²) in [6.07, 6.45) is 6.56. The molecule has 2 aliphatic heterocycles. The van der Waals surface area contributed by atoms with Crippen molar-refractivity contribution in [2.45, 2.75) is 31.9 Å². The fourth-order valence-electron chi connectivity index (χ4n) is 4.75. The van der Waals surface area contributed by atoms with Gasteiger partial charge in [-0.05, 0) is 43.2 Å². The Labute approximate surface area is 202 Å². The smallest absolute Gasteiger partial charge is 0.240 e. The number of H-pyrrole nitrogens is 1. The Hall–Kier alpha value is -3.63. The lowest BCUT2D eigenvalue weighted by Crippen LogP contribution is -2.35. The van der Waals surface area contributed by atoms with Gasteiger partial charge in [0.1, 0.15) is 6.04 Å². The van der Waals surface area contributed by atoms with Crippen LogP contribution in [0.25, 0.3) is 34.2 Å². The van der Waals surface area contributed by atoms with E-state index < -0.39 is 6.10 Å². The summed E-state index contributed by atoms with van der Waals surface area (Å²) in [5.41, 5.74) is 5.47. The molecule has 0 amide bonds. The van der Waals surface area contributed by atoms with Crippen LogP contribution in [0.15, 0.2) is 24.4 Å². The maximum absolute atomic E-state index is 10.6. The van der Waals surface area contributed by atoms with Gasteiger partial charge in [0.05, 0.1) is 54.5 Å². The van der Waals surface area contributed by atoms with Crippen LogP contribution in [0.4, 0.5) is 0 Å². The fraction of sp³-hybridized carbons (Fsp3) is 0.400. The Morgan fingerprint density at radius 3 is 2.91 bits per heavy atom. The summed E-state index contributed by atoms with van der Waals surface area (Å²) < 4.78 is 21.4. The van der Waals surface area contributed by atoms with E-state index in [1.807, 2.05) is 49.1 Å². The minimum atomic E-state index is -0.513. The number of ether oxygens (including phenoxy) is 3. The average molecular weight is 477 g/mol. The van der Waals surface area contributed by atoms with Crippen LogP contribution in [-0.4, -0.2) is 67.4 Å². The maximum atomic E-state index is 10.6. The predicted molar refractivity (Wildman–Crippen MR) is 130 cm³/mol. The van der Waals surface area contributed by atoms with E-state index in [9.17, 15) is 5.11 Å². The van der Waals surface area contributed by atoms with Crippen molar-refractivity contribution in [3.8, 4) is 22.9 Å². The highest BCUT2D eigenvalue weighted by molar-refractivity contribution is 5.93. The topological polar surface area (TPSA) is 112 Å². The molecule has 2 N–H and O–H groups in total. The summed E-state index contributed by atoms with van der Waals surface area (Å²) in [4.78, 5) is 0. The Kier molecular flexibility index (Phi) is 5.54. The Balaban J connectivity index is 1.44. The highest BCUT2D eigenvalue weighted by Gasteiger charge is 2.29. The van der Waals surface area contributed by atoms with Crippen molar-refractivity contribution < 1.29 is 19.3 Å². The van der Waals surface area contributed by atoms with E-state index in [-0.39, 0.29) is 6.04 Å². The molecule has 1 fully saturated rings. The van der Waals surface area contributed by atoms with Crippen LogP contribution >= 0.6 is 0 Å². The second-order valence-corrected chi connectivity index (χ2v) is 8.99. The van der Waals surface area contributed by atoms with Gasteiger partial charge in [0.25, 0.3) is 0 Å². The Morgan fingerprint density at radius 1 is 1.14 bits per heavy atom. The summed E-state index contributed by atoms with van der Waals surface area (Å²) in [5, 5.41) is 28.3. The van der Waals surface area contributed by atoms with Crippen molar-refractivity contribution in [3.63, 3.8) is 0 Å². The first-order chi connectivity index (χ1) is 17.1. The first-order valence-corrected chi connectivity index (χ1v) is 11.9. The van der Waals surface area contributed by atoms with Crippen LogP contribution in [-0.2, 0) is 11.8 Å². The van der Waals surface area contributed by atoms with E-state index >= 15 is 0 Å². The van der Waals surface area contributed by atoms with E-state index in [1.54, 1.807) is 4.68 Å². The van der Waals surface area contributed by atoms with Gasteiger partial charge in [0, 0.05) is 31.2 Å². The number of benzene rings is 1. The lowest BCUT2D eigenvalue weighted by atomic mass is 10.0. The molecule has 5 heterocycles. The molecule has 6 rings (SSSR count). The van der Waals surface area contributed by atoms with Crippen molar-refractivity contribution >= 4 is 23.1 Å². The zero-order valence-corrected chi connectivity index (χ0v) is 19.8. The molecule has 0 radical (unpaired) electrons. The van der Waals surface area contributed by atoms with Gasteiger partial charge in [-0.2, -0.15) is 10.2 Å². The number of aromatic amines is 1. The van der Waals surface area contributed by atoms with Crippen LogP contribution in [0.5, 0.6) is 11.8 Å². The molecule has 0 saturated carbocycles. The minimum Gasteiger partial charge on any atom is -0.477 e. The summed E-state index contributed by atoms with van der Waals surface area (Å²) in [6, 6.07) is 5.88. The van der Waals surface area contributed by atoms with Gasteiger partial charge in [-0.3, -0.25) is 9.78 Å². The first kappa shape index (κ1) is 21.9. The number of hydrogen-bond acceptors (Lipinski definition) is 7. The Bertz CT molecular complexity index is 1400. The SMILES string of the molecule is Cc1c2c(nn1[C@H]1COCC[C@@H]1O)OCCCOc1c(cnn1C)-c1ccc3n[nH]c(c3c1)C=C2. The maximum Gasteiger partial charge on any atom is 0.240 e. The van der Waals surface area contributed by atoms with Crippen LogP contribution in [0.1, 0.15) is 35.8 Å². The number of aliphatic hydroxyl groups is 1. The zero-order chi connectivity index (χ0) is 23.9. The lowest BCUT2D eigenvalue weighted by molar-refractivity contribution is -0.0339. The van der Waals surface area contributed by atoms with Crippen molar-refractivity contribution in [2.24, 2.45) is 7.05 Å². The number of hydrogen-bond donors (Lipinski definition) is 2. The largest absolute Gasteiger partial charge is 0.477 e. The van der Waals surface area contributed by atoms with E-state index in [4.69, 9.17) is 19.3 Å². The highest BCUT2D eigenvalue weighted by Crippen LogP contribution is 2.34. The molecule has 35 heavy (non-hydrogen) atoms. The second-order valence-electron chi connectivity index (χ2n) is 8.99. The van der Waals surface area contributed by atoms with Crippen molar-refractivity contribution in [3.05, 3.63) is 41.3 Å². The molecule has 2 atom stereocenters. The van der Waals surface area contributed by atoms with Crippen LogP contribution in [0.2, 0.25) is 0 Å².